The zero-order valence-corrected chi connectivity index (χ0v) is 13.7. The van der Waals surface area contributed by atoms with Crippen LogP contribution in [0.15, 0.2) is 30.3 Å². The molecular weight excluding hydrogens is 294 g/mol. The number of para-hydroxylation sites is 1. The number of aliphatic hydroxyl groups excluding tert-OH is 1. The number of anilines is 1. The molecule has 1 saturated heterocycles. The predicted octanol–water partition coefficient (Wildman–Crippen LogP) is 0.686. The van der Waals surface area contributed by atoms with E-state index >= 15 is 0 Å². The molecule has 0 aliphatic carbocycles. The van der Waals surface area contributed by atoms with Gasteiger partial charge in [0.15, 0.2) is 0 Å². The lowest BCUT2D eigenvalue weighted by molar-refractivity contribution is -0.116. The van der Waals surface area contributed by atoms with Gasteiger partial charge in [-0.25, -0.2) is 0 Å². The van der Waals surface area contributed by atoms with Gasteiger partial charge in [-0.05, 0) is 19.1 Å². The summed E-state index contributed by atoms with van der Waals surface area (Å²) in [5.41, 5.74) is 0.803. The number of morpholine rings is 1. The molecule has 1 amide bonds. The van der Waals surface area contributed by atoms with Crippen molar-refractivity contribution in [3.63, 3.8) is 0 Å². The van der Waals surface area contributed by atoms with Crippen LogP contribution < -0.4 is 10.6 Å². The van der Waals surface area contributed by atoms with Crippen LogP contribution in [0, 0.1) is 0 Å². The SMILES string of the molecule is C[C@H](CC(=O)Nc1ccccc1)NC[C@@H](O)CN1CCOCC1. The molecule has 0 radical (unpaired) electrons. The monoisotopic (exact) mass is 321 g/mol. The fourth-order valence-corrected chi connectivity index (χ4v) is 2.57. The van der Waals surface area contributed by atoms with Crippen molar-refractivity contribution in [2.75, 3.05) is 44.7 Å². The molecule has 2 rings (SSSR count). The summed E-state index contributed by atoms with van der Waals surface area (Å²) >= 11 is 0. The minimum Gasteiger partial charge on any atom is -0.390 e. The first-order valence-corrected chi connectivity index (χ1v) is 8.20. The van der Waals surface area contributed by atoms with E-state index in [0.29, 0.717) is 19.5 Å². The Labute approximate surface area is 137 Å². The van der Waals surface area contributed by atoms with Crippen LogP contribution in [0.3, 0.4) is 0 Å². The Balaban J connectivity index is 1.61. The number of nitrogens with one attached hydrogen (secondary N) is 2. The van der Waals surface area contributed by atoms with Crippen LogP contribution >= 0.6 is 0 Å². The molecule has 1 aliphatic rings. The van der Waals surface area contributed by atoms with Crippen LogP contribution in [0.4, 0.5) is 5.69 Å². The first-order valence-electron chi connectivity index (χ1n) is 8.20. The fourth-order valence-electron chi connectivity index (χ4n) is 2.57. The summed E-state index contributed by atoms with van der Waals surface area (Å²) in [6.07, 6.45) is -0.0631. The van der Waals surface area contributed by atoms with Crippen molar-refractivity contribution >= 4 is 11.6 Å². The fraction of sp³-hybridized carbons (Fsp3) is 0.588. The molecule has 1 aliphatic heterocycles. The molecule has 0 aromatic heterocycles. The van der Waals surface area contributed by atoms with E-state index < -0.39 is 6.10 Å². The highest BCUT2D eigenvalue weighted by Crippen LogP contribution is 2.06. The number of hydrogen-bond acceptors (Lipinski definition) is 5. The van der Waals surface area contributed by atoms with E-state index in [-0.39, 0.29) is 11.9 Å². The van der Waals surface area contributed by atoms with E-state index in [1.807, 2.05) is 37.3 Å². The average Bonchev–Trinajstić information content (AvgIpc) is 2.55. The number of carbonyl (C=O) groups excluding carboxylic acids is 1. The Morgan fingerprint density at radius 2 is 2.00 bits per heavy atom. The number of amides is 1. The quantitative estimate of drug-likeness (QED) is 0.657. The van der Waals surface area contributed by atoms with Crippen LogP contribution in [0.5, 0.6) is 0 Å². The molecule has 128 valence electrons. The number of ether oxygens (including phenoxy) is 1. The van der Waals surface area contributed by atoms with E-state index in [1.54, 1.807) is 0 Å². The molecule has 0 spiro atoms. The van der Waals surface area contributed by atoms with Crippen molar-refractivity contribution in [1.29, 1.82) is 0 Å². The van der Waals surface area contributed by atoms with Crippen LogP contribution in [0.25, 0.3) is 0 Å². The molecule has 1 aromatic rings. The highest BCUT2D eigenvalue weighted by atomic mass is 16.5. The highest BCUT2D eigenvalue weighted by Gasteiger charge is 2.16. The summed E-state index contributed by atoms with van der Waals surface area (Å²) in [5.74, 6) is -0.0288. The smallest absolute Gasteiger partial charge is 0.225 e. The van der Waals surface area contributed by atoms with E-state index in [1.165, 1.54) is 0 Å². The topological polar surface area (TPSA) is 73.8 Å². The molecule has 0 bridgehead atoms. The lowest BCUT2D eigenvalue weighted by Crippen LogP contribution is -2.45. The predicted molar refractivity (Wildman–Crippen MR) is 90.4 cm³/mol. The number of rotatable bonds is 8. The summed E-state index contributed by atoms with van der Waals surface area (Å²) in [4.78, 5) is 14.1. The van der Waals surface area contributed by atoms with E-state index in [2.05, 4.69) is 15.5 Å². The van der Waals surface area contributed by atoms with Crippen molar-refractivity contribution in [3.8, 4) is 0 Å². The van der Waals surface area contributed by atoms with Crippen molar-refractivity contribution in [2.45, 2.75) is 25.5 Å². The Kier molecular flexibility index (Phi) is 7.48. The van der Waals surface area contributed by atoms with Gasteiger partial charge in [-0.1, -0.05) is 18.2 Å². The summed E-state index contributed by atoms with van der Waals surface area (Å²) in [6.45, 7) is 6.27. The molecule has 2 atom stereocenters. The Morgan fingerprint density at radius 1 is 1.30 bits per heavy atom. The second-order valence-electron chi connectivity index (χ2n) is 5.99. The normalized spacial score (nSPS) is 18.3. The molecule has 1 fully saturated rings. The van der Waals surface area contributed by atoms with Gasteiger partial charge in [-0.15, -0.1) is 0 Å². The second-order valence-corrected chi connectivity index (χ2v) is 5.99. The van der Waals surface area contributed by atoms with E-state index in [9.17, 15) is 9.90 Å². The van der Waals surface area contributed by atoms with Crippen LogP contribution in [-0.4, -0.2) is 67.5 Å². The first kappa shape index (κ1) is 17.9. The Bertz CT molecular complexity index is 463. The second kappa shape index (κ2) is 9.62. The number of benzene rings is 1. The van der Waals surface area contributed by atoms with Crippen molar-refractivity contribution in [1.82, 2.24) is 10.2 Å². The number of aliphatic hydroxyl groups is 1. The zero-order chi connectivity index (χ0) is 16.5. The van der Waals surface area contributed by atoms with Crippen molar-refractivity contribution < 1.29 is 14.6 Å². The van der Waals surface area contributed by atoms with Gasteiger partial charge in [0, 0.05) is 44.3 Å². The summed E-state index contributed by atoms with van der Waals surface area (Å²) in [6, 6.07) is 9.43. The maximum absolute atomic E-state index is 11.9. The largest absolute Gasteiger partial charge is 0.390 e. The minimum atomic E-state index is -0.437. The van der Waals surface area contributed by atoms with Crippen LogP contribution in [-0.2, 0) is 9.53 Å². The molecule has 1 heterocycles. The zero-order valence-electron chi connectivity index (χ0n) is 13.7. The lowest BCUT2D eigenvalue weighted by atomic mass is 10.2. The Morgan fingerprint density at radius 3 is 2.70 bits per heavy atom. The van der Waals surface area contributed by atoms with Gasteiger partial charge < -0.3 is 20.5 Å². The summed E-state index contributed by atoms with van der Waals surface area (Å²) < 4.78 is 5.29. The standard InChI is InChI=1S/C17H27N3O3/c1-14(11-17(22)19-15-5-3-2-4-6-15)18-12-16(21)13-20-7-9-23-10-8-20/h2-6,14,16,18,21H,7-13H2,1H3,(H,19,22)/t14-,16-/m1/s1. The molecule has 23 heavy (non-hydrogen) atoms. The third kappa shape index (κ3) is 7.09. The molecular formula is C17H27N3O3. The van der Waals surface area contributed by atoms with Crippen LogP contribution in [0.1, 0.15) is 13.3 Å². The van der Waals surface area contributed by atoms with E-state index in [4.69, 9.17) is 4.74 Å². The number of nitrogens with zero attached hydrogens (tertiary/aromatic N) is 1. The third-order valence-corrected chi connectivity index (χ3v) is 3.82. The minimum absolute atomic E-state index is 0.0121. The molecule has 6 nitrogen and oxygen atoms in total. The molecule has 0 saturated carbocycles. The van der Waals surface area contributed by atoms with Gasteiger partial charge in [-0.2, -0.15) is 0 Å². The molecule has 6 heteroatoms. The number of carbonyl (C=O) groups is 1. The van der Waals surface area contributed by atoms with Gasteiger partial charge in [0.05, 0.1) is 19.3 Å². The van der Waals surface area contributed by atoms with Crippen LogP contribution in [0.2, 0.25) is 0 Å². The number of hydrogen-bond donors (Lipinski definition) is 3. The van der Waals surface area contributed by atoms with Gasteiger partial charge in [0.2, 0.25) is 5.91 Å². The summed E-state index contributed by atoms with van der Waals surface area (Å²) in [5, 5.41) is 16.2. The highest BCUT2D eigenvalue weighted by molar-refractivity contribution is 5.90. The lowest BCUT2D eigenvalue weighted by Gasteiger charge is -2.29. The molecule has 0 unspecified atom stereocenters. The van der Waals surface area contributed by atoms with Gasteiger partial charge >= 0.3 is 0 Å². The summed E-state index contributed by atoms with van der Waals surface area (Å²) in [7, 11) is 0. The Hall–Kier alpha value is -1.47. The van der Waals surface area contributed by atoms with Crippen molar-refractivity contribution in [2.24, 2.45) is 0 Å². The third-order valence-electron chi connectivity index (χ3n) is 3.82. The maximum Gasteiger partial charge on any atom is 0.225 e. The molecule has 1 aromatic carbocycles. The van der Waals surface area contributed by atoms with Crippen molar-refractivity contribution in [3.05, 3.63) is 30.3 Å². The van der Waals surface area contributed by atoms with E-state index in [0.717, 1.165) is 32.0 Å². The maximum atomic E-state index is 11.9. The molecule has 3 N–H and O–H groups in total. The van der Waals surface area contributed by atoms with Gasteiger partial charge in [0.1, 0.15) is 0 Å². The number of β-amino-alcohol motifs (C(OH)–C–C–N with tert-alkyl or cyclic N) is 1. The van der Waals surface area contributed by atoms with Gasteiger partial charge in [-0.3, -0.25) is 9.69 Å². The first-order chi connectivity index (χ1) is 11.1. The van der Waals surface area contributed by atoms with Gasteiger partial charge in [0.25, 0.3) is 0 Å². The average molecular weight is 321 g/mol.